The molecule has 0 bridgehead atoms. The molecule has 0 atom stereocenters. The molecule has 0 amide bonds. The average Bonchev–Trinajstić information content (AvgIpc) is 2.14. The fraction of sp³-hybridized carbons (Fsp3) is 0.300. The number of nitro groups is 1. The molecule has 1 rings (SSSR count). The highest BCUT2D eigenvalue weighted by molar-refractivity contribution is 5.51. The van der Waals surface area contributed by atoms with Gasteiger partial charge in [-0.1, -0.05) is 19.9 Å². The van der Waals surface area contributed by atoms with E-state index < -0.39 is 22.7 Å². The number of hydrogen-bond acceptors (Lipinski definition) is 3. The molecule has 0 aliphatic rings. The van der Waals surface area contributed by atoms with Crippen molar-refractivity contribution in [3.05, 3.63) is 39.8 Å². The third kappa shape index (κ3) is 3.61. The largest absolute Gasteiger partial charge is 0.573 e. The third-order valence-corrected chi connectivity index (χ3v) is 1.96. The van der Waals surface area contributed by atoms with E-state index in [1.54, 1.807) is 13.8 Å². The molecule has 17 heavy (non-hydrogen) atoms. The van der Waals surface area contributed by atoms with E-state index in [-0.39, 0.29) is 0 Å². The maximum Gasteiger partial charge on any atom is 0.573 e. The van der Waals surface area contributed by atoms with Crippen LogP contribution in [0.2, 0.25) is 0 Å². The van der Waals surface area contributed by atoms with Crippen LogP contribution in [0.15, 0.2) is 18.2 Å². The molecule has 0 unspecified atom stereocenters. The second-order valence-electron chi connectivity index (χ2n) is 3.49. The van der Waals surface area contributed by atoms with Crippen LogP contribution in [-0.2, 0) is 0 Å². The van der Waals surface area contributed by atoms with Crippen molar-refractivity contribution in [1.82, 2.24) is 0 Å². The van der Waals surface area contributed by atoms with Gasteiger partial charge in [-0.3, -0.25) is 10.1 Å². The predicted molar refractivity (Wildman–Crippen MR) is 53.5 cm³/mol. The third-order valence-electron chi connectivity index (χ3n) is 1.96. The van der Waals surface area contributed by atoms with Gasteiger partial charge < -0.3 is 4.74 Å². The van der Waals surface area contributed by atoms with Crippen molar-refractivity contribution in [3.8, 4) is 5.75 Å². The molecule has 1 aromatic rings. The van der Waals surface area contributed by atoms with Crippen LogP contribution in [0.1, 0.15) is 19.4 Å². The second kappa shape index (κ2) is 4.60. The van der Waals surface area contributed by atoms with E-state index in [2.05, 4.69) is 4.74 Å². The van der Waals surface area contributed by atoms with Gasteiger partial charge in [-0.05, 0) is 17.5 Å². The molecule has 7 heteroatoms. The minimum Gasteiger partial charge on any atom is -0.398 e. The van der Waals surface area contributed by atoms with Gasteiger partial charge in [0, 0.05) is 6.07 Å². The standard InChI is InChI=1S/C10H9F3NO3/c1-6(2)7-3-4-8(14(15)16)9(5-7)17-10(11,12)13/h3-5H,1-2H3. The van der Waals surface area contributed by atoms with Crippen molar-refractivity contribution in [2.24, 2.45) is 0 Å². The lowest BCUT2D eigenvalue weighted by Gasteiger charge is -2.11. The minimum atomic E-state index is -4.95. The van der Waals surface area contributed by atoms with Crippen molar-refractivity contribution in [1.29, 1.82) is 0 Å². The summed E-state index contributed by atoms with van der Waals surface area (Å²) in [5, 5.41) is 10.5. The molecule has 0 fully saturated rings. The maximum atomic E-state index is 12.1. The Morgan fingerprint density at radius 3 is 2.35 bits per heavy atom. The van der Waals surface area contributed by atoms with Crippen LogP contribution >= 0.6 is 0 Å². The quantitative estimate of drug-likeness (QED) is 0.608. The Morgan fingerprint density at radius 1 is 1.35 bits per heavy atom. The van der Waals surface area contributed by atoms with Crippen molar-refractivity contribution < 1.29 is 22.8 Å². The Labute approximate surface area is 95.2 Å². The molecule has 0 aliphatic heterocycles. The van der Waals surface area contributed by atoms with Crippen molar-refractivity contribution >= 4 is 5.69 Å². The summed E-state index contributed by atoms with van der Waals surface area (Å²) in [5.74, 6) is -0.0758. The highest BCUT2D eigenvalue weighted by atomic mass is 19.4. The van der Waals surface area contributed by atoms with Crippen molar-refractivity contribution in [3.63, 3.8) is 0 Å². The Bertz CT molecular complexity index is 429. The number of rotatable bonds is 3. The van der Waals surface area contributed by atoms with Crippen LogP contribution in [0.25, 0.3) is 0 Å². The topological polar surface area (TPSA) is 52.4 Å². The van der Waals surface area contributed by atoms with E-state index in [0.29, 0.717) is 5.56 Å². The first-order valence-corrected chi connectivity index (χ1v) is 4.55. The first-order chi connectivity index (χ1) is 7.70. The number of alkyl halides is 3. The first kappa shape index (κ1) is 13.3. The summed E-state index contributed by atoms with van der Waals surface area (Å²) >= 11 is 0. The number of ether oxygens (including phenoxy) is 1. The van der Waals surface area contributed by atoms with Crippen molar-refractivity contribution in [2.75, 3.05) is 0 Å². The van der Waals surface area contributed by atoms with Gasteiger partial charge in [0.15, 0.2) is 0 Å². The summed E-state index contributed by atoms with van der Waals surface area (Å²) in [6.07, 6.45) is -4.95. The summed E-state index contributed by atoms with van der Waals surface area (Å²) in [4.78, 5) is 9.62. The molecule has 0 aliphatic carbocycles. The van der Waals surface area contributed by atoms with Gasteiger partial charge in [0.2, 0.25) is 5.75 Å². The zero-order valence-corrected chi connectivity index (χ0v) is 9.04. The SMILES string of the molecule is C[C](C)c1ccc([N+](=O)[O-])c(OC(F)(F)F)c1. The van der Waals surface area contributed by atoms with Crippen LogP contribution < -0.4 is 4.74 Å². The molecule has 0 aromatic heterocycles. The minimum absolute atomic E-state index is 0.454. The lowest BCUT2D eigenvalue weighted by Crippen LogP contribution is -2.18. The molecule has 0 saturated heterocycles. The zero-order chi connectivity index (χ0) is 13.2. The van der Waals surface area contributed by atoms with Gasteiger partial charge in [-0.2, -0.15) is 0 Å². The number of benzene rings is 1. The molecule has 4 nitrogen and oxygen atoms in total. The number of nitrogens with zero attached hydrogens (tertiary/aromatic N) is 1. The Kier molecular flexibility index (Phi) is 3.59. The summed E-state index contributed by atoms with van der Waals surface area (Å²) in [5.41, 5.74) is -0.262. The van der Waals surface area contributed by atoms with E-state index >= 15 is 0 Å². The first-order valence-electron chi connectivity index (χ1n) is 4.55. The summed E-state index contributed by atoms with van der Waals surface area (Å²) < 4.78 is 39.8. The number of nitro benzene ring substituents is 1. The molecule has 0 N–H and O–H groups in total. The highest BCUT2D eigenvalue weighted by Crippen LogP contribution is 2.34. The Balaban J connectivity index is 3.21. The van der Waals surface area contributed by atoms with Gasteiger partial charge >= 0.3 is 12.0 Å². The van der Waals surface area contributed by atoms with Gasteiger partial charge in [-0.15, -0.1) is 13.2 Å². The number of halogens is 3. The van der Waals surface area contributed by atoms with E-state index in [0.717, 1.165) is 18.1 Å². The van der Waals surface area contributed by atoms with E-state index in [9.17, 15) is 23.3 Å². The van der Waals surface area contributed by atoms with Gasteiger partial charge in [-0.25, -0.2) is 0 Å². The fourth-order valence-corrected chi connectivity index (χ4v) is 1.18. The molecule has 0 spiro atoms. The van der Waals surface area contributed by atoms with E-state index in [1.807, 2.05) is 0 Å². The monoisotopic (exact) mass is 248 g/mol. The normalized spacial score (nSPS) is 11.6. The molecule has 0 heterocycles. The zero-order valence-electron chi connectivity index (χ0n) is 9.04. The van der Waals surface area contributed by atoms with Crippen LogP contribution in [0.5, 0.6) is 5.75 Å². The van der Waals surface area contributed by atoms with E-state index in [4.69, 9.17) is 0 Å². The van der Waals surface area contributed by atoms with Crippen LogP contribution in [0.3, 0.4) is 0 Å². The Hall–Kier alpha value is -1.79. The van der Waals surface area contributed by atoms with Crippen LogP contribution in [0.4, 0.5) is 18.9 Å². The molecule has 93 valence electrons. The number of hydrogen-bond donors (Lipinski definition) is 0. The molecular formula is C10H9F3NO3. The highest BCUT2D eigenvalue weighted by Gasteiger charge is 2.34. The maximum absolute atomic E-state index is 12.1. The molecule has 1 radical (unpaired) electrons. The summed E-state index contributed by atoms with van der Waals surface area (Å²) in [6, 6.07) is 3.36. The lowest BCUT2D eigenvalue weighted by atomic mass is 10.0. The second-order valence-corrected chi connectivity index (χ2v) is 3.49. The average molecular weight is 248 g/mol. The molecule has 1 aromatic carbocycles. The fourth-order valence-electron chi connectivity index (χ4n) is 1.18. The summed E-state index contributed by atoms with van der Waals surface area (Å²) in [7, 11) is 0. The predicted octanol–water partition coefficient (Wildman–Crippen LogP) is 3.46. The van der Waals surface area contributed by atoms with Crippen molar-refractivity contribution in [2.45, 2.75) is 20.2 Å². The smallest absolute Gasteiger partial charge is 0.398 e. The van der Waals surface area contributed by atoms with Gasteiger partial charge in [0.05, 0.1) is 4.92 Å². The van der Waals surface area contributed by atoms with Gasteiger partial charge in [0.1, 0.15) is 0 Å². The van der Waals surface area contributed by atoms with Crippen LogP contribution in [-0.4, -0.2) is 11.3 Å². The Morgan fingerprint density at radius 2 is 1.94 bits per heavy atom. The van der Waals surface area contributed by atoms with Crippen LogP contribution in [0, 0.1) is 16.0 Å². The molecular weight excluding hydrogens is 239 g/mol. The molecule has 0 saturated carbocycles. The van der Waals surface area contributed by atoms with Gasteiger partial charge in [0.25, 0.3) is 0 Å². The lowest BCUT2D eigenvalue weighted by molar-refractivity contribution is -0.388. The van der Waals surface area contributed by atoms with E-state index in [1.165, 1.54) is 6.07 Å². The summed E-state index contributed by atoms with van der Waals surface area (Å²) in [6.45, 7) is 3.36.